The average molecular weight is 672 g/mol. The average Bonchev–Trinajstić information content (AvgIpc) is 2.84. The highest BCUT2D eigenvalue weighted by atomic mass is 32.3. The zero-order valence-electron chi connectivity index (χ0n) is 21.2. The van der Waals surface area contributed by atoms with Crippen LogP contribution in [0.1, 0.15) is 0 Å². The molecule has 0 saturated carbocycles. The van der Waals surface area contributed by atoms with E-state index in [4.69, 9.17) is 19.8 Å². The smallest absolute Gasteiger partial charge is 0.397 e. The van der Waals surface area contributed by atoms with E-state index in [9.17, 15) is 47.9 Å². The van der Waals surface area contributed by atoms with Gasteiger partial charge < -0.3 is 20.3 Å². The lowest BCUT2D eigenvalue weighted by Gasteiger charge is -2.14. The van der Waals surface area contributed by atoms with Gasteiger partial charge in [-0.2, -0.15) is 25.3 Å². The van der Waals surface area contributed by atoms with Crippen molar-refractivity contribution in [2.45, 2.75) is 14.7 Å². The Bertz CT molecular complexity index is 2040. The first-order chi connectivity index (χ1) is 19.2. The third kappa shape index (κ3) is 7.22. The van der Waals surface area contributed by atoms with Crippen LogP contribution in [0.4, 0.5) is 17.1 Å². The minimum atomic E-state index is -5.12. The van der Waals surface area contributed by atoms with Crippen molar-refractivity contribution < 1.29 is 66.1 Å². The summed E-state index contributed by atoms with van der Waals surface area (Å²) in [6.45, 7) is -0.938. The van der Waals surface area contributed by atoms with Crippen LogP contribution in [0.2, 0.25) is 0 Å². The number of aromatic hydroxyl groups is 1. The number of nitrogens with two attached hydrogens (primary N) is 1. The molecule has 0 aromatic heterocycles. The molecule has 22 heteroatoms. The summed E-state index contributed by atoms with van der Waals surface area (Å²) in [5.74, 6) is -2.35. The maximum atomic E-state index is 12.8. The van der Waals surface area contributed by atoms with E-state index in [0.717, 1.165) is 32.4 Å². The molecule has 0 unspecified atom stereocenters. The number of anilines is 1. The third-order valence-electron chi connectivity index (χ3n) is 5.38. The van der Waals surface area contributed by atoms with Crippen LogP contribution in [0.15, 0.2) is 55.2 Å². The summed E-state index contributed by atoms with van der Waals surface area (Å²) >= 11 is 0. The minimum absolute atomic E-state index is 0.269. The van der Waals surface area contributed by atoms with E-state index in [-0.39, 0.29) is 28.0 Å². The number of sulfone groups is 1. The first kappa shape index (κ1) is 32.9. The van der Waals surface area contributed by atoms with Crippen LogP contribution in [0, 0.1) is 0 Å². The largest absolute Gasteiger partial charge is 0.507 e. The molecule has 3 aromatic rings. The molecule has 230 valence electrons. The summed E-state index contributed by atoms with van der Waals surface area (Å²) in [6.07, 6.45) is 0. The molecule has 0 aliphatic carbocycles. The molecule has 0 atom stereocenters. The molecule has 0 bridgehead atoms. The summed E-state index contributed by atoms with van der Waals surface area (Å²) in [5, 5.41) is 17.3. The predicted molar refractivity (Wildman–Crippen MR) is 143 cm³/mol. The molecule has 6 N–H and O–H groups in total. The second-order valence-electron chi connectivity index (χ2n) is 8.07. The van der Waals surface area contributed by atoms with Gasteiger partial charge in [-0.05, 0) is 17.5 Å². The van der Waals surface area contributed by atoms with Gasteiger partial charge >= 0.3 is 10.4 Å². The van der Waals surface area contributed by atoms with E-state index >= 15 is 0 Å². The van der Waals surface area contributed by atoms with Crippen molar-refractivity contribution in [1.82, 2.24) is 0 Å². The third-order valence-corrected chi connectivity index (χ3v) is 9.24. The van der Waals surface area contributed by atoms with Crippen LogP contribution in [0.3, 0.4) is 0 Å². The summed E-state index contributed by atoms with van der Waals surface area (Å²) in [7, 11) is -17.0. The highest BCUT2D eigenvalue weighted by molar-refractivity contribution is 7.91. The number of nitrogens with zero attached hydrogens (tertiary/aromatic N) is 2. The van der Waals surface area contributed by atoms with Crippen molar-refractivity contribution in [3.63, 3.8) is 0 Å². The number of nitrogen functional groups attached to an aromatic ring is 1. The van der Waals surface area contributed by atoms with Crippen molar-refractivity contribution >= 4 is 68.3 Å². The number of methoxy groups -OCH3 is 2. The highest BCUT2D eigenvalue weighted by Gasteiger charge is 2.26. The van der Waals surface area contributed by atoms with Crippen LogP contribution in [0.5, 0.6) is 17.2 Å². The van der Waals surface area contributed by atoms with Crippen molar-refractivity contribution in [1.29, 1.82) is 0 Å². The SMILES string of the molecule is COc1cc(S(=O)(=O)CCOS(=O)(=O)O)c(OC)cc1/N=N/c1c(S(=O)(=O)O)cc2cc(S(=O)(=O)O)cc(O)c2c1N. The molecule has 0 saturated heterocycles. The molecule has 3 rings (SSSR count). The van der Waals surface area contributed by atoms with Gasteiger partial charge in [0.05, 0.1) is 37.2 Å². The van der Waals surface area contributed by atoms with E-state index in [2.05, 4.69) is 14.4 Å². The lowest BCUT2D eigenvalue weighted by atomic mass is 10.1. The Morgan fingerprint density at radius 2 is 1.40 bits per heavy atom. The highest BCUT2D eigenvalue weighted by Crippen LogP contribution is 2.44. The number of rotatable bonds is 11. The summed E-state index contributed by atoms with van der Waals surface area (Å²) in [5.41, 5.74) is 4.43. The number of hydrogen-bond donors (Lipinski definition) is 5. The van der Waals surface area contributed by atoms with Crippen molar-refractivity contribution in [3.05, 3.63) is 30.3 Å². The molecule has 0 fully saturated rings. The molecule has 0 amide bonds. The Labute approximate surface area is 238 Å². The fourth-order valence-corrected chi connectivity index (χ4v) is 6.44. The van der Waals surface area contributed by atoms with E-state index in [0.29, 0.717) is 12.1 Å². The van der Waals surface area contributed by atoms with Gasteiger partial charge in [0.1, 0.15) is 38.4 Å². The Hall–Kier alpha value is -3.64. The molecular weight excluding hydrogens is 650 g/mol. The number of phenols is 1. The van der Waals surface area contributed by atoms with Crippen LogP contribution in [-0.4, -0.2) is 79.0 Å². The van der Waals surface area contributed by atoms with E-state index in [1.165, 1.54) is 0 Å². The maximum absolute atomic E-state index is 12.8. The first-order valence-electron chi connectivity index (χ1n) is 10.8. The number of phenolic OH excluding ortho intramolecular Hbond substituents is 1. The van der Waals surface area contributed by atoms with Gasteiger partial charge in [-0.25, -0.2) is 12.6 Å². The van der Waals surface area contributed by atoms with Crippen LogP contribution < -0.4 is 15.2 Å². The Morgan fingerprint density at radius 1 is 0.786 bits per heavy atom. The second kappa shape index (κ2) is 11.6. The fraction of sp³-hybridized carbons (Fsp3) is 0.200. The molecule has 0 radical (unpaired) electrons. The van der Waals surface area contributed by atoms with E-state index in [1.54, 1.807) is 0 Å². The zero-order valence-corrected chi connectivity index (χ0v) is 24.5. The fourth-order valence-electron chi connectivity index (χ4n) is 3.58. The first-order valence-corrected chi connectivity index (χ1v) is 16.7. The number of ether oxygens (including phenoxy) is 2. The number of azo groups is 1. The van der Waals surface area contributed by atoms with Crippen molar-refractivity contribution in [3.8, 4) is 17.2 Å². The van der Waals surface area contributed by atoms with Gasteiger partial charge in [0.25, 0.3) is 20.2 Å². The molecule has 0 aliphatic rings. The Kier molecular flexibility index (Phi) is 9.05. The van der Waals surface area contributed by atoms with Gasteiger partial charge in [0, 0.05) is 23.6 Å². The van der Waals surface area contributed by atoms with Crippen LogP contribution >= 0.6 is 0 Å². The van der Waals surface area contributed by atoms with Gasteiger partial charge in [0.2, 0.25) is 0 Å². The van der Waals surface area contributed by atoms with Gasteiger partial charge in [-0.15, -0.1) is 10.2 Å². The molecule has 18 nitrogen and oxygen atoms in total. The van der Waals surface area contributed by atoms with Gasteiger partial charge in [-0.1, -0.05) is 0 Å². The second-order valence-corrected chi connectivity index (χ2v) is 14.1. The monoisotopic (exact) mass is 671 g/mol. The summed E-state index contributed by atoms with van der Waals surface area (Å²) in [4.78, 5) is -2.30. The van der Waals surface area contributed by atoms with Crippen molar-refractivity contribution in [2.24, 2.45) is 10.2 Å². The summed E-state index contributed by atoms with van der Waals surface area (Å²) in [6, 6.07) is 4.05. The minimum Gasteiger partial charge on any atom is -0.507 e. The molecule has 0 heterocycles. The van der Waals surface area contributed by atoms with Crippen LogP contribution in [0.25, 0.3) is 10.8 Å². The standard InChI is InChI=1S/C20H21N3O15S4/c1-36-14-9-16(39(25,26)4-3-38-42(33,34)35)15(37-2)8-12(14)22-23-20-17(41(30,31)32)6-10-5-11(40(27,28)29)7-13(24)18(10)19(20)21/h5-9,24H,3-4,21H2,1-2H3,(H,27,28,29)(H,30,31,32)(H,33,34,35)/b23-22+. The molecule has 0 spiro atoms. The maximum Gasteiger partial charge on any atom is 0.397 e. The Morgan fingerprint density at radius 3 is 1.93 bits per heavy atom. The van der Waals surface area contributed by atoms with E-state index in [1.807, 2.05) is 0 Å². The van der Waals surface area contributed by atoms with Crippen LogP contribution in [-0.2, 0) is 44.7 Å². The Balaban J connectivity index is 2.21. The number of fused-ring (bicyclic) bond motifs is 1. The van der Waals surface area contributed by atoms with Gasteiger partial charge in [0.15, 0.2) is 9.84 Å². The normalized spacial score (nSPS) is 13.1. The molecule has 42 heavy (non-hydrogen) atoms. The molecule has 3 aromatic carbocycles. The zero-order chi connectivity index (χ0) is 31.8. The molecular formula is C20H21N3O15S4. The quantitative estimate of drug-likeness (QED) is 0.110. The number of hydrogen-bond acceptors (Lipinski definition) is 15. The number of benzene rings is 3. The molecule has 0 aliphatic heterocycles. The van der Waals surface area contributed by atoms with E-state index < -0.39 is 84.6 Å². The summed E-state index contributed by atoms with van der Waals surface area (Å²) < 4.78 is 136. The predicted octanol–water partition coefficient (Wildman–Crippen LogP) is 1.65. The van der Waals surface area contributed by atoms with Gasteiger partial charge in [-0.3, -0.25) is 13.7 Å². The topological polar surface area (TPSA) is 296 Å². The lowest BCUT2D eigenvalue weighted by molar-refractivity contribution is 0.283. The lowest BCUT2D eigenvalue weighted by Crippen LogP contribution is -2.16. The van der Waals surface area contributed by atoms with Crippen molar-refractivity contribution in [2.75, 3.05) is 32.3 Å².